The monoisotopic (exact) mass is 360 g/mol. The van der Waals surface area contributed by atoms with E-state index in [-0.39, 0.29) is 23.5 Å². The summed E-state index contributed by atoms with van der Waals surface area (Å²) in [5.74, 6) is 0.270. The molecule has 1 N–H and O–H groups in total. The third-order valence-corrected chi connectivity index (χ3v) is 6.00. The molecule has 2 heterocycles. The summed E-state index contributed by atoms with van der Waals surface area (Å²) in [5.41, 5.74) is 2.32. The molecule has 132 valence electrons. The van der Waals surface area contributed by atoms with Gasteiger partial charge in [-0.05, 0) is 31.0 Å². The fourth-order valence-electron chi connectivity index (χ4n) is 2.81. The number of hydrogen-bond acceptors (Lipinski definition) is 6. The van der Waals surface area contributed by atoms with E-state index >= 15 is 0 Å². The van der Waals surface area contributed by atoms with Crippen molar-refractivity contribution in [2.45, 2.75) is 19.4 Å². The molecule has 0 aliphatic carbocycles. The zero-order valence-corrected chi connectivity index (χ0v) is 15.0. The predicted octanol–water partition coefficient (Wildman–Crippen LogP) is 1.79. The third-order valence-electron chi connectivity index (χ3n) is 4.25. The SMILES string of the molecule is Cc1cccc(Nc2ncc(C(=O)N(C)C3CCS(=O)(=O)C3)cn2)c1. The molecule has 0 spiro atoms. The minimum Gasteiger partial charge on any atom is -0.338 e. The Kier molecular flexibility index (Phi) is 4.71. The second kappa shape index (κ2) is 6.79. The number of anilines is 2. The van der Waals surface area contributed by atoms with Crippen molar-refractivity contribution < 1.29 is 13.2 Å². The number of sulfone groups is 1. The number of amides is 1. The summed E-state index contributed by atoms with van der Waals surface area (Å²) in [6, 6.07) is 7.51. The maximum atomic E-state index is 12.5. The molecule has 1 saturated heterocycles. The van der Waals surface area contributed by atoms with Crippen LogP contribution in [0.2, 0.25) is 0 Å². The lowest BCUT2D eigenvalue weighted by atomic mass is 10.2. The summed E-state index contributed by atoms with van der Waals surface area (Å²) in [4.78, 5) is 22.3. The Labute approximate surface area is 147 Å². The van der Waals surface area contributed by atoms with Crippen LogP contribution in [-0.4, -0.2) is 53.8 Å². The van der Waals surface area contributed by atoms with E-state index in [1.807, 2.05) is 31.2 Å². The van der Waals surface area contributed by atoms with Gasteiger partial charge in [-0.15, -0.1) is 0 Å². The molecule has 0 radical (unpaired) electrons. The Morgan fingerprint density at radius 3 is 2.60 bits per heavy atom. The van der Waals surface area contributed by atoms with E-state index in [1.54, 1.807) is 7.05 Å². The van der Waals surface area contributed by atoms with E-state index in [0.717, 1.165) is 11.3 Å². The number of carbonyl (C=O) groups is 1. The number of hydrogen-bond donors (Lipinski definition) is 1. The third kappa shape index (κ3) is 4.14. The van der Waals surface area contributed by atoms with Gasteiger partial charge in [-0.3, -0.25) is 4.79 Å². The molecule has 3 rings (SSSR count). The number of nitrogens with zero attached hydrogens (tertiary/aromatic N) is 3. The van der Waals surface area contributed by atoms with Crippen LogP contribution in [0.5, 0.6) is 0 Å². The average Bonchev–Trinajstić information content (AvgIpc) is 2.94. The van der Waals surface area contributed by atoms with E-state index in [9.17, 15) is 13.2 Å². The van der Waals surface area contributed by atoms with Crippen molar-refractivity contribution in [3.8, 4) is 0 Å². The lowest BCUT2D eigenvalue weighted by Gasteiger charge is -2.23. The number of aryl methyl sites for hydroxylation is 1. The van der Waals surface area contributed by atoms with Gasteiger partial charge < -0.3 is 10.2 Å². The first-order valence-corrected chi connectivity index (χ1v) is 9.79. The van der Waals surface area contributed by atoms with Crippen LogP contribution in [-0.2, 0) is 9.84 Å². The minimum atomic E-state index is -3.04. The fourth-order valence-corrected chi connectivity index (χ4v) is 4.58. The van der Waals surface area contributed by atoms with E-state index in [4.69, 9.17) is 0 Å². The van der Waals surface area contributed by atoms with Crippen LogP contribution in [0.1, 0.15) is 22.3 Å². The molecule has 1 unspecified atom stereocenters. The molecule has 8 heteroatoms. The van der Waals surface area contributed by atoms with Crippen LogP contribution < -0.4 is 5.32 Å². The average molecular weight is 360 g/mol. The van der Waals surface area contributed by atoms with Gasteiger partial charge in [0.25, 0.3) is 5.91 Å². The van der Waals surface area contributed by atoms with Crippen molar-refractivity contribution in [3.05, 3.63) is 47.8 Å². The maximum absolute atomic E-state index is 12.5. The summed E-state index contributed by atoms with van der Waals surface area (Å²) in [6.45, 7) is 1.99. The van der Waals surface area contributed by atoms with Crippen LogP contribution in [0, 0.1) is 6.92 Å². The number of nitrogens with one attached hydrogen (secondary N) is 1. The highest BCUT2D eigenvalue weighted by molar-refractivity contribution is 7.91. The van der Waals surface area contributed by atoms with Crippen molar-refractivity contribution >= 4 is 27.4 Å². The molecular formula is C17H20N4O3S. The topological polar surface area (TPSA) is 92.3 Å². The van der Waals surface area contributed by atoms with Gasteiger partial charge in [0, 0.05) is 31.2 Å². The molecular weight excluding hydrogens is 340 g/mol. The van der Waals surface area contributed by atoms with Gasteiger partial charge in [-0.25, -0.2) is 18.4 Å². The van der Waals surface area contributed by atoms with Gasteiger partial charge in [-0.2, -0.15) is 0 Å². The van der Waals surface area contributed by atoms with Crippen molar-refractivity contribution in [1.29, 1.82) is 0 Å². The van der Waals surface area contributed by atoms with Crippen LogP contribution in [0.15, 0.2) is 36.7 Å². The molecule has 1 aromatic heterocycles. The maximum Gasteiger partial charge on any atom is 0.257 e. The minimum absolute atomic E-state index is 0.0170. The highest BCUT2D eigenvalue weighted by Crippen LogP contribution is 2.19. The van der Waals surface area contributed by atoms with Crippen molar-refractivity contribution in [3.63, 3.8) is 0 Å². The highest BCUT2D eigenvalue weighted by atomic mass is 32.2. The van der Waals surface area contributed by atoms with Crippen LogP contribution in [0.4, 0.5) is 11.6 Å². The largest absolute Gasteiger partial charge is 0.338 e. The molecule has 1 atom stereocenters. The number of carbonyl (C=O) groups excluding carboxylic acids is 1. The Hall–Kier alpha value is -2.48. The second-order valence-electron chi connectivity index (χ2n) is 6.26. The van der Waals surface area contributed by atoms with Crippen molar-refractivity contribution in [1.82, 2.24) is 14.9 Å². The van der Waals surface area contributed by atoms with E-state index in [1.165, 1.54) is 17.3 Å². The lowest BCUT2D eigenvalue weighted by Crippen LogP contribution is -2.37. The molecule has 0 bridgehead atoms. The summed E-state index contributed by atoms with van der Waals surface area (Å²) in [5, 5.41) is 3.08. The smallest absolute Gasteiger partial charge is 0.257 e. The quantitative estimate of drug-likeness (QED) is 0.894. The first-order valence-electron chi connectivity index (χ1n) is 7.97. The van der Waals surface area contributed by atoms with Gasteiger partial charge >= 0.3 is 0 Å². The first-order chi connectivity index (χ1) is 11.8. The number of rotatable bonds is 4. The molecule has 1 aliphatic rings. The molecule has 0 saturated carbocycles. The summed E-state index contributed by atoms with van der Waals surface area (Å²) in [6.07, 6.45) is 3.37. The summed E-state index contributed by atoms with van der Waals surface area (Å²) >= 11 is 0. The highest BCUT2D eigenvalue weighted by Gasteiger charge is 2.33. The molecule has 25 heavy (non-hydrogen) atoms. The normalized spacial score (nSPS) is 18.7. The first kappa shape index (κ1) is 17.3. The van der Waals surface area contributed by atoms with Crippen LogP contribution in [0.25, 0.3) is 0 Å². The fraction of sp³-hybridized carbons (Fsp3) is 0.353. The number of benzene rings is 1. The van der Waals surface area contributed by atoms with E-state index in [0.29, 0.717) is 17.9 Å². The Balaban J connectivity index is 1.68. The molecule has 1 fully saturated rings. The summed E-state index contributed by atoms with van der Waals surface area (Å²) < 4.78 is 23.2. The Morgan fingerprint density at radius 2 is 2.00 bits per heavy atom. The second-order valence-corrected chi connectivity index (χ2v) is 8.49. The van der Waals surface area contributed by atoms with Crippen molar-refractivity contribution in [2.75, 3.05) is 23.9 Å². The standard InChI is InChI=1S/C17H20N4O3S/c1-12-4-3-5-14(8-12)20-17-18-9-13(10-19-17)16(22)21(2)15-6-7-25(23,24)11-15/h3-5,8-10,15H,6-7,11H2,1-2H3,(H,18,19,20). The summed E-state index contributed by atoms with van der Waals surface area (Å²) in [7, 11) is -1.42. The lowest BCUT2D eigenvalue weighted by molar-refractivity contribution is 0.0747. The van der Waals surface area contributed by atoms with Crippen molar-refractivity contribution in [2.24, 2.45) is 0 Å². The van der Waals surface area contributed by atoms with E-state index in [2.05, 4.69) is 15.3 Å². The molecule has 1 amide bonds. The predicted molar refractivity (Wildman–Crippen MR) is 95.6 cm³/mol. The molecule has 2 aromatic rings. The zero-order chi connectivity index (χ0) is 18.0. The van der Waals surface area contributed by atoms with Gasteiger partial charge in [-0.1, -0.05) is 12.1 Å². The molecule has 7 nitrogen and oxygen atoms in total. The molecule has 1 aliphatic heterocycles. The Morgan fingerprint density at radius 1 is 1.28 bits per heavy atom. The van der Waals surface area contributed by atoms with Crippen LogP contribution in [0.3, 0.4) is 0 Å². The Bertz CT molecular complexity index is 881. The molecule has 1 aromatic carbocycles. The van der Waals surface area contributed by atoms with Crippen LogP contribution >= 0.6 is 0 Å². The van der Waals surface area contributed by atoms with Gasteiger partial charge in [0.05, 0.1) is 17.1 Å². The zero-order valence-electron chi connectivity index (χ0n) is 14.1. The van der Waals surface area contributed by atoms with E-state index < -0.39 is 9.84 Å². The van der Waals surface area contributed by atoms with Gasteiger partial charge in [0.15, 0.2) is 9.84 Å². The van der Waals surface area contributed by atoms with Gasteiger partial charge in [0.1, 0.15) is 0 Å². The van der Waals surface area contributed by atoms with Gasteiger partial charge in [0.2, 0.25) is 5.95 Å². The number of aromatic nitrogens is 2.